The molecule has 0 amide bonds. The van der Waals surface area contributed by atoms with Crippen molar-refractivity contribution in [2.75, 3.05) is 32.1 Å². The molecular formula is C15H19N7OS. The third-order valence-electron chi connectivity index (χ3n) is 4.00. The van der Waals surface area contributed by atoms with Crippen molar-refractivity contribution in [2.24, 2.45) is 0 Å². The van der Waals surface area contributed by atoms with Crippen LogP contribution >= 0.6 is 11.3 Å². The van der Waals surface area contributed by atoms with E-state index in [0.29, 0.717) is 18.1 Å². The summed E-state index contributed by atoms with van der Waals surface area (Å²) in [5.74, 6) is 1.41. The van der Waals surface area contributed by atoms with Gasteiger partial charge in [-0.2, -0.15) is 0 Å². The molecule has 4 rings (SSSR count). The summed E-state index contributed by atoms with van der Waals surface area (Å²) in [4.78, 5) is 23.3. The minimum atomic E-state index is -0.159. The number of fused-ring (bicyclic) bond motifs is 1. The highest BCUT2D eigenvalue weighted by Crippen LogP contribution is 2.25. The maximum atomic E-state index is 5.91. The van der Waals surface area contributed by atoms with Crippen LogP contribution in [0.3, 0.4) is 0 Å². The Balaban J connectivity index is 1.55. The molecule has 2 N–H and O–H groups in total. The quantitative estimate of drug-likeness (QED) is 0.744. The lowest BCUT2D eigenvalue weighted by Crippen LogP contribution is -2.38. The monoisotopic (exact) mass is 345 g/mol. The summed E-state index contributed by atoms with van der Waals surface area (Å²) < 4.78 is 5.91. The molecule has 8 nitrogen and oxygen atoms in total. The first-order valence-corrected chi connectivity index (χ1v) is 8.74. The minimum absolute atomic E-state index is 0.159. The summed E-state index contributed by atoms with van der Waals surface area (Å²) in [6.07, 6.45) is 1.47. The molecule has 1 saturated heterocycles. The zero-order valence-electron chi connectivity index (χ0n) is 13.6. The van der Waals surface area contributed by atoms with Crippen LogP contribution in [0.25, 0.3) is 11.2 Å². The molecule has 126 valence electrons. The number of aromatic amines is 1. The minimum Gasteiger partial charge on any atom is -0.371 e. The van der Waals surface area contributed by atoms with Gasteiger partial charge in [-0.05, 0) is 6.92 Å². The fourth-order valence-electron chi connectivity index (χ4n) is 2.84. The fourth-order valence-corrected chi connectivity index (χ4v) is 3.66. The maximum absolute atomic E-state index is 5.91. The largest absolute Gasteiger partial charge is 0.371 e. The second-order valence-electron chi connectivity index (χ2n) is 5.76. The zero-order chi connectivity index (χ0) is 16.5. The molecule has 1 atom stereocenters. The summed E-state index contributed by atoms with van der Waals surface area (Å²) >= 11 is 1.70. The van der Waals surface area contributed by atoms with Crippen LogP contribution in [-0.2, 0) is 11.3 Å². The van der Waals surface area contributed by atoms with Gasteiger partial charge in [0.25, 0.3) is 0 Å². The molecular weight excluding hydrogens is 326 g/mol. The predicted octanol–water partition coefficient (Wildman–Crippen LogP) is 1.73. The lowest BCUT2D eigenvalue weighted by atomic mass is 10.2. The van der Waals surface area contributed by atoms with Crippen LogP contribution in [0.2, 0.25) is 0 Å². The number of anilines is 1. The van der Waals surface area contributed by atoms with Crippen LogP contribution in [0.4, 0.5) is 5.82 Å². The molecule has 0 bridgehead atoms. The third kappa shape index (κ3) is 2.97. The molecule has 1 aliphatic rings. The predicted molar refractivity (Wildman–Crippen MR) is 92.1 cm³/mol. The Bertz CT molecular complexity index is 845. The third-order valence-corrected chi connectivity index (χ3v) is 4.96. The molecule has 0 radical (unpaired) electrons. The van der Waals surface area contributed by atoms with Gasteiger partial charge in [-0.15, -0.1) is 11.3 Å². The lowest BCUT2D eigenvalue weighted by Gasteiger charge is -2.31. The van der Waals surface area contributed by atoms with Crippen molar-refractivity contribution in [3.05, 3.63) is 28.2 Å². The maximum Gasteiger partial charge on any atom is 0.183 e. The SMILES string of the molecule is CNc1nc(C2CN(Cc3nc(C)cs3)CCO2)nc2nc[nH]c12. The number of thiazole rings is 1. The summed E-state index contributed by atoms with van der Waals surface area (Å²) in [7, 11) is 1.84. The van der Waals surface area contributed by atoms with Crippen LogP contribution < -0.4 is 5.32 Å². The molecule has 24 heavy (non-hydrogen) atoms. The second kappa shape index (κ2) is 6.42. The van der Waals surface area contributed by atoms with Crippen molar-refractivity contribution in [3.8, 4) is 0 Å². The van der Waals surface area contributed by atoms with Crippen molar-refractivity contribution in [1.29, 1.82) is 0 Å². The average Bonchev–Trinajstić information content (AvgIpc) is 3.23. The molecule has 0 spiro atoms. The van der Waals surface area contributed by atoms with E-state index in [1.807, 2.05) is 14.0 Å². The van der Waals surface area contributed by atoms with Crippen LogP contribution in [0, 0.1) is 6.92 Å². The highest BCUT2D eigenvalue weighted by molar-refractivity contribution is 7.09. The van der Waals surface area contributed by atoms with Gasteiger partial charge in [0.05, 0.1) is 19.5 Å². The summed E-state index contributed by atoms with van der Waals surface area (Å²) in [6.45, 7) is 5.15. The van der Waals surface area contributed by atoms with Crippen molar-refractivity contribution in [1.82, 2.24) is 29.8 Å². The van der Waals surface area contributed by atoms with E-state index < -0.39 is 0 Å². The van der Waals surface area contributed by atoms with Crippen molar-refractivity contribution in [3.63, 3.8) is 0 Å². The van der Waals surface area contributed by atoms with E-state index in [9.17, 15) is 0 Å². The number of imidazole rings is 1. The standard InChI is InChI=1S/C15H19N7OS/c1-9-7-24-11(19-9)6-22-3-4-23-10(5-22)13-20-14(16-2)12-15(21-13)18-8-17-12/h7-8,10H,3-6H2,1-2H3,(H2,16,17,18,20,21). The van der Waals surface area contributed by atoms with Crippen molar-refractivity contribution in [2.45, 2.75) is 19.6 Å². The van der Waals surface area contributed by atoms with Gasteiger partial charge >= 0.3 is 0 Å². The second-order valence-corrected chi connectivity index (χ2v) is 6.70. The first-order chi connectivity index (χ1) is 11.7. The summed E-state index contributed by atoms with van der Waals surface area (Å²) in [5.41, 5.74) is 2.54. The van der Waals surface area contributed by atoms with E-state index in [0.717, 1.165) is 41.7 Å². The molecule has 1 fully saturated rings. The molecule has 9 heteroatoms. The number of ether oxygens (including phenoxy) is 1. The van der Waals surface area contributed by atoms with Crippen LogP contribution in [0.1, 0.15) is 22.6 Å². The Hall–Kier alpha value is -2.10. The van der Waals surface area contributed by atoms with Gasteiger partial charge in [0.2, 0.25) is 0 Å². The van der Waals surface area contributed by atoms with Gasteiger partial charge in [0, 0.05) is 31.2 Å². The highest BCUT2D eigenvalue weighted by Gasteiger charge is 2.26. The van der Waals surface area contributed by atoms with Crippen LogP contribution in [-0.4, -0.2) is 56.6 Å². The Kier molecular flexibility index (Phi) is 4.13. The number of aryl methyl sites for hydroxylation is 1. The van der Waals surface area contributed by atoms with E-state index in [1.54, 1.807) is 17.7 Å². The molecule has 4 heterocycles. The molecule has 3 aromatic rings. The van der Waals surface area contributed by atoms with Crippen LogP contribution in [0.5, 0.6) is 0 Å². The average molecular weight is 345 g/mol. The number of hydrogen-bond acceptors (Lipinski definition) is 8. The van der Waals surface area contributed by atoms with E-state index in [4.69, 9.17) is 4.74 Å². The molecule has 0 saturated carbocycles. The highest BCUT2D eigenvalue weighted by atomic mass is 32.1. The number of nitrogens with zero attached hydrogens (tertiary/aromatic N) is 5. The van der Waals surface area contributed by atoms with Gasteiger partial charge in [-0.1, -0.05) is 0 Å². The van der Waals surface area contributed by atoms with Gasteiger partial charge in [0.1, 0.15) is 16.6 Å². The zero-order valence-corrected chi connectivity index (χ0v) is 14.4. The first-order valence-electron chi connectivity index (χ1n) is 7.86. The fraction of sp³-hybridized carbons (Fsp3) is 0.467. The molecule has 0 aromatic carbocycles. The Morgan fingerprint density at radius 1 is 1.42 bits per heavy atom. The smallest absolute Gasteiger partial charge is 0.183 e. The van der Waals surface area contributed by atoms with Gasteiger partial charge in [-0.25, -0.2) is 19.9 Å². The van der Waals surface area contributed by atoms with E-state index in [2.05, 4.69) is 40.5 Å². The number of rotatable bonds is 4. The topological polar surface area (TPSA) is 91.8 Å². The molecule has 0 aliphatic carbocycles. The Morgan fingerprint density at radius 3 is 3.12 bits per heavy atom. The number of H-pyrrole nitrogens is 1. The molecule has 1 aliphatic heterocycles. The summed E-state index contributed by atoms with van der Waals surface area (Å²) in [5, 5.41) is 6.31. The van der Waals surface area contributed by atoms with Crippen molar-refractivity contribution >= 4 is 28.3 Å². The van der Waals surface area contributed by atoms with E-state index in [-0.39, 0.29) is 6.10 Å². The molecule has 3 aromatic heterocycles. The number of aromatic nitrogens is 5. The van der Waals surface area contributed by atoms with Gasteiger partial charge in [0.15, 0.2) is 17.3 Å². The number of hydrogen-bond donors (Lipinski definition) is 2. The molecule has 1 unspecified atom stereocenters. The summed E-state index contributed by atoms with van der Waals surface area (Å²) in [6, 6.07) is 0. The van der Waals surface area contributed by atoms with E-state index >= 15 is 0 Å². The van der Waals surface area contributed by atoms with Gasteiger partial charge < -0.3 is 15.0 Å². The first kappa shape index (κ1) is 15.4. The van der Waals surface area contributed by atoms with Crippen LogP contribution in [0.15, 0.2) is 11.7 Å². The Labute approximate surface area is 143 Å². The van der Waals surface area contributed by atoms with E-state index in [1.165, 1.54) is 0 Å². The number of nitrogens with one attached hydrogen (secondary N) is 2. The number of morpholine rings is 1. The normalized spacial score (nSPS) is 19.0. The lowest BCUT2D eigenvalue weighted by molar-refractivity contribution is -0.0370. The van der Waals surface area contributed by atoms with Crippen molar-refractivity contribution < 1.29 is 4.74 Å². The van der Waals surface area contributed by atoms with Gasteiger partial charge in [-0.3, -0.25) is 4.90 Å². The Morgan fingerprint density at radius 2 is 2.33 bits per heavy atom.